The van der Waals surface area contributed by atoms with Gasteiger partial charge in [0, 0.05) is 18.6 Å². The Morgan fingerprint density at radius 3 is 3.13 bits per heavy atom. The van der Waals surface area contributed by atoms with Crippen LogP contribution in [0.25, 0.3) is 0 Å². The summed E-state index contributed by atoms with van der Waals surface area (Å²) in [7, 11) is 0. The van der Waals surface area contributed by atoms with E-state index in [1.54, 1.807) is 6.20 Å². The molecule has 0 bridgehead atoms. The van der Waals surface area contributed by atoms with Crippen molar-refractivity contribution in [2.45, 2.75) is 32.2 Å². The van der Waals surface area contributed by atoms with Crippen LogP contribution in [-0.4, -0.2) is 28.0 Å². The van der Waals surface area contributed by atoms with Gasteiger partial charge in [-0.2, -0.15) is 5.10 Å². The van der Waals surface area contributed by atoms with Gasteiger partial charge in [-0.1, -0.05) is 6.42 Å². The minimum atomic E-state index is 0.261. The summed E-state index contributed by atoms with van der Waals surface area (Å²) >= 11 is 0. The summed E-state index contributed by atoms with van der Waals surface area (Å²) in [5, 5.41) is 20.5. The van der Waals surface area contributed by atoms with E-state index in [0.29, 0.717) is 12.0 Å². The van der Waals surface area contributed by atoms with E-state index in [1.165, 1.54) is 6.42 Å². The van der Waals surface area contributed by atoms with E-state index in [0.717, 1.165) is 24.2 Å². The third-order valence-electron chi connectivity index (χ3n) is 3.02. The zero-order valence-electron chi connectivity index (χ0n) is 8.98. The first-order valence-corrected chi connectivity index (χ1v) is 5.46. The van der Waals surface area contributed by atoms with Gasteiger partial charge < -0.3 is 10.4 Å². The molecular formula is C11H17N3O. The number of aryl methyl sites for hydroxylation is 1. The molecule has 1 aromatic rings. The van der Waals surface area contributed by atoms with Crippen molar-refractivity contribution in [3.8, 4) is 0 Å². The van der Waals surface area contributed by atoms with Crippen molar-refractivity contribution >= 4 is 5.82 Å². The molecule has 2 N–H and O–H groups in total. The molecule has 2 unspecified atom stereocenters. The highest BCUT2D eigenvalue weighted by Gasteiger charge is 2.26. The van der Waals surface area contributed by atoms with Crippen molar-refractivity contribution in [1.82, 2.24) is 10.2 Å². The van der Waals surface area contributed by atoms with Gasteiger partial charge in [-0.05, 0) is 31.4 Å². The van der Waals surface area contributed by atoms with E-state index in [2.05, 4.69) is 15.5 Å². The first-order valence-electron chi connectivity index (χ1n) is 5.46. The first kappa shape index (κ1) is 10.4. The van der Waals surface area contributed by atoms with Gasteiger partial charge in [-0.25, -0.2) is 0 Å². The van der Waals surface area contributed by atoms with Crippen molar-refractivity contribution in [3.63, 3.8) is 0 Å². The van der Waals surface area contributed by atoms with E-state index < -0.39 is 0 Å². The minimum Gasteiger partial charge on any atom is -0.396 e. The molecule has 15 heavy (non-hydrogen) atoms. The number of nitrogens with zero attached hydrogens (tertiary/aromatic N) is 2. The molecule has 4 nitrogen and oxygen atoms in total. The Morgan fingerprint density at radius 2 is 2.40 bits per heavy atom. The summed E-state index contributed by atoms with van der Waals surface area (Å²) in [4.78, 5) is 0. The molecule has 1 fully saturated rings. The maximum absolute atomic E-state index is 9.19. The van der Waals surface area contributed by atoms with Crippen LogP contribution in [0.1, 0.15) is 24.8 Å². The van der Waals surface area contributed by atoms with Crippen LogP contribution in [0, 0.1) is 12.8 Å². The average Bonchev–Trinajstić information content (AvgIpc) is 2.65. The summed E-state index contributed by atoms with van der Waals surface area (Å²) in [6.07, 6.45) is 5.14. The molecule has 2 rings (SSSR count). The first-order chi connectivity index (χ1) is 7.29. The second-order valence-corrected chi connectivity index (χ2v) is 4.24. The lowest BCUT2D eigenvalue weighted by molar-refractivity contribution is 0.222. The van der Waals surface area contributed by atoms with Gasteiger partial charge in [0.2, 0.25) is 0 Å². The monoisotopic (exact) mass is 207 g/mol. The molecule has 1 aliphatic rings. The Labute approximate surface area is 89.7 Å². The second kappa shape index (κ2) is 4.57. The molecule has 0 saturated heterocycles. The molecule has 0 aromatic carbocycles. The van der Waals surface area contributed by atoms with Crippen LogP contribution in [0.3, 0.4) is 0 Å². The summed E-state index contributed by atoms with van der Waals surface area (Å²) < 4.78 is 0. The van der Waals surface area contributed by atoms with Crippen molar-refractivity contribution in [3.05, 3.63) is 17.8 Å². The smallest absolute Gasteiger partial charge is 0.149 e. The number of anilines is 1. The third kappa shape index (κ3) is 2.45. The predicted molar refractivity (Wildman–Crippen MR) is 58.6 cm³/mol. The Hall–Kier alpha value is -1.16. The zero-order valence-corrected chi connectivity index (χ0v) is 8.98. The molecular weight excluding hydrogens is 190 g/mol. The Morgan fingerprint density at radius 1 is 1.53 bits per heavy atom. The molecule has 0 aliphatic heterocycles. The quantitative estimate of drug-likeness (QED) is 0.785. The van der Waals surface area contributed by atoms with Gasteiger partial charge in [-0.15, -0.1) is 5.10 Å². The van der Waals surface area contributed by atoms with Gasteiger partial charge in [0.1, 0.15) is 5.82 Å². The lowest BCUT2D eigenvalue weighted by atomic mass is 10.1. The molecule has 1 saturated carbocycles. The van der Waals surface area contributed by atoms with Gasteiger partial charge in [0.05, 0.1) is 6.20 Å². The predicted octanol–water partition coefficient (Wildman–Crippen LogP) is 1.36. The molecule has 1 aromatic heterocycles. The van der Waals surface area contributed by atoms with Crippen molar-refractivity contribution < 1.29 is 5.11 Å². The van der Waals surface area contributed by atoms with Gasteiger partial charge in [-0.3, -0.25) is 0 Å². The maximum Gasteiger partial charge on any atom is 0.149 e. The lowest BCUT2D eigenvalue weighted by Crippen LogP contribution is -2.26. The normalized spacial score (nSPS) is 25.5. The Balaban J connectivity index is 2.02. The van der Waals surface area contributed by atoms with E-state index in [9.17, 15) is 5.11 Å². The van der Waals surface area contributed by atoms with Crippen LogP contribution in [0.5, 0.6) is 0 Å². The highest BCUT2D eigenvalue weighted by Crippen LogP contribution is 2.27. The molecule has 1 heterocycles. The van der Waals surface area contributed by atoms with Crippen LogP contribution >= 0.6 is 0 Å². The van der Waals surface area contributed by atoms with Gasteiger partial charge in [0.15, 0.2) is 0 Å². The van der Waals surface area contributed by atoms with Gasteiger partial charge in [0.25, 0.3) is 0 Å². The summed E-state index contributed by atoms with van der Waals surface area (Å²) in [6.45, 7) is 2.26. The molecule has 2 atom stereocenters. The summed E-state index contributed by atoms with van der Waals surface area (Å²) in [6, 6.07) is 2.34. The number of rotatable bonds is 3. The summed E-state index contributed by atoms with van der Waals surface area (Å²) in [5.41, 5.74) is 1.10. The SMILES string of the molecule is Cc1cnnc(NC2CCCC2CO)c1. The highest BCUT2D eigenvalue weighted by atomic mass is 16.3. The largest absolute Gasteiger partial charge is 0.396 e. The number of hydrogen-bond acceptors (Lipinski definition) is 4. The Kier molecular flexibility index (Phi) is 3.16. The molecule has 0 amide bonds. The van der Waals surface area contributed by atoms with Crippen LogP contribution in [-0.2, 0) is 0 Å². The molecule has 0 spiro atoms. The Bertz CT molecular complexity index is 329. The minimum absolute atomic E-state index is 0.261. The molecule has 1 aliphatic carbocycles. The van der Waals surface area contributed by atoms with E-state index in [-0.39, 0.29) is 6.61 Å². The number of nitrogens with one attached hydrogen (secondary N) is 1. The van der Waals surface area contributed by atoms with E-state index >= 15 is 0 Å². The molecule has 82 valence electrons. The van der Waals surface area contributed by atoms with Crippen molar-refractivity contribution in [1.29, 1.82) is 0 Å². The molecule has 4 heteroatoms. The van der Waals surface area contributed by atoms with Crippen LogP contribution < -0.4 is 5.32 Å². The lowest BCUT2D eigenvalue weighted by Gasteiger charge is -2.19. The van der Waals surface area contributed by atoms with Crippen molar-refractivity contribution in [2.75, 3.05) is 11.9 Å². The van der Waals surface area contributed by atoms with Crippen LogP contribution in [0.4, 0.5) is 5.82 Å². The van der Waals surface area contributed by atoms with Crippen LogP contribution in [0.15, 0.2) is 12.3 Å². The third-order valence-corrected chi connectivity index (χ3v) is 3.02. The van der Waals surface area contributed by atoms with E-state index in [1.807, 2.05) is 13.0 Å². The standard InChI is InChI=1S/C11H17N3O/c1-8-5-11(14-12-6-8)13-10-4-2-3-9(10)7-15/h5-6,9-10,15H,2-4,7H2,1H3,(H,13,14). The second-order valence-electron chi connectivity index (χ2n) is 4.24. The van der Waals surface area contributed by atoms with E-state index in [4.69, 9.17) is 0 Å². The fourth-order valence-electron chi connectivity index (χ4n) is 2.17. The average molecular weight is 207 g/mol. The molecule has 0 radical (unpaired) electrons. The van der Waals surface area contributed by atoms with Crippen LogP contribution in [0.2, 0.25) is 0 Å². The highest BCUT2D eigenvalue weighted by molar-refractivity contribution is 5.36. The fourth-order valence-corrected chi connectivity index (χ4v) is 2.17. The number of hydrogen-bond donors (Lipinski definition) is 2. The zero-order chi connectivity index (χ0) is 10.7. The van der Waals surface area contributed by atoms with Gasteiger partial charge >= 0.3 is 0 Å². The summed E-state index contributed by atoms with van der Waals surface area (Å²) in [5.74, 6) is 1.19. The number of aromatic nitrogens is 2. The number of aliphatic hydroxyl groups is 1. The maximum atomic E-state index is 9.19. The topological polar surface area (TPSA) is 58.0 Å². The number of aliphatic hydroxyl groups excluding tert-OH is 1. The fraction of sp³-hybridized carbons (Fsp3) is 0.636. The van der Waals surface area contributed by atoms with Crippen molar-refractivity contribution in [2.24, 2.45) is 5.92 Å².